The molecule has 0 aliphatic carbocycles. The number of hydrogen-bond donors (Lipinski definition) is 23. The number of aromatic nitrogens is 2. The van der Waals surface area contributed by atoms with Crippen molar-refractivity contribution in [2.24, 2.45) is 39.6 Å². The predicted molar refractivity (Wildman–Crippen MR) is 383 cm³/mol. The van der Waals surface area contributed by atoms with Crippen LogP contribution in [0.5, 0.6) is 0 Å². The molecule has 28 N–H and O–H groups in total. The van der Waals surface area contributed by atoms with Crippen molar-refractivity contribution in [1.29, 1.82) is 0 Å². The Morgan fingerprint density at radius 3 is 1.62 bits per heavy atom. The number of carboxylic acids is 2. The lowest BCUT2D eigenvalue weighted by molar-refractivity contribution is -0.144. The third kappa shape index (κ3) is 28.1. The molecule has 3 aliphatic rings. The van der Waals surface area contributed by atoms with Crippen molar-refractivity contribution in [1.82, 2.24) is 83.2 Å². The molecule has 0 bridgehead atoms. The molecule has 2 aromatic rings. The predicted octanol–water partition coefficient (Wildman–Crippen LogP) is -12.9. The number of carbonyl (C=O) groups is 18. The third-order valence-corrected chi connectivity index (χ3v) is 17.9. The summed E-state index contributed by atoms with van der Waals surface area (Å²) in [5, 5.41) is 87.0. The number of imidazole rings is 1. The molecule has 4 heterocycles. The van der Waals surface area contributed by atoms with Gasteiger partial charge in [0.15, 0.2) is 5.96 Å². The number of hydrogen-bond acceptors (Lipinski definition) is 25. The van der Waals surface area contributed by atoms with Crippen molar-refractivity contribution < 1.29 is 117 Å². The van der Waals surface area contributed by atoms with E-state index in [0.29, 0.717) is 11.3 Å². The van der Waals surface area contributed by atoms with Crippen LogP contribution in [0, 0.1) is 5.92 Å². The number of H-pyrrole nitrogens is 1. The average molecular weight is 1580 g/mol. The van der Waals surface area contributed by atoms with E-state index < -0.39 is 275 Å². The minimum absolute atomic E-state index is 0.0138. The van der Waals surface area contributed by atoms with Gasteiger partial charge in [-0.3, -0.25) is 86.5 Å². The number of likely N-dealkylation sites (tertiary alicyclic amines) is 3. The summed E-state index contributed by atoms with van der Waals surface area (Å²) in [4.78, 5) is 253. The van der Waals surface area contributed by atoms with Gasteiger partial charge in [-0.05, 0) is 44.1 Å². The number of rotatable bonds is 43. The summed E-state index contributed by atoms with van der Waals surface area (Å²) in [6, 6.07) is -11.5. The molecular formula is C66H98N22O24. The Bertz CT molecular complexity index is 3770. The van der Waals surface area contributed by atoms with Crippen LogP contribution in [-0.2, 0) is 99.1 Å². The quantitative estimate of drug-likeness (QED) is 0.0167. The zero-order chi connectivity index (χ0) is 83.4. The number of aliphatic hydroxyl groups excluding tert-OH is 4. The minimum Gasteiger partial charge on any atom is -0.481 e. The highest BCUT2D eigenvalue weighted by atomic mass is 16.4. The zero-order valence-corrected chi connectivity index (χ0v) is 61.4. The first kappa shape index (κ1) is 90.6. The van der Waals surface area contributed by atoms with Crippen molar-refractivity contribution in [3.8, 4) is 0 Å². The van der Waals surface area contributed by atoms with Crippen LogP contribution in [0.4, 0.5) is 0 Å². The topological polar surface area (TPSA) is 742 Å². The maximum atomic E-state index is 14.6. The number of carbonyl (C=O) groups excluding carboxylic acids is 16. The van der Waals surface area contributed by atoms with Crippen molar-refractivity contribution in [2.75, 3.05) is 52.4 Å². The molecule has 616 valence electrons. The van der Waals surface area contributed by atoms with E-state index >= 15 is 0 Å². The number of aliphatic imine (C=N–C) groups is 1. The molecule has 1 aromatic carbocycles. The Kier molecular flexibility index (Phi) is 35.1. The van der Waals surface area contributed by atoms with E-state index in [-0.39, 0.29) is 57.6 Å². The Hall–Kier alpha value is -12.0. The molecule has 15 atom stereocenters. The number of β-amino-alcohol motifs (C(OH)–C–C–N with tert-alkyl or cyclic N) is 2. The summed E-state index contributed by atoms with van der Waals surface area (Å²) in [6.45, 7) is -0.890. The van der Waals surface area contributed by atoms with Crippen LogP contribution in [0.25, 0.3) is 0 Å². The number of aliphatic hydroxyl groups is 4. The molecule has 46 nitrogen and oxygen atoms in total. The number of primary amides is 2. The standard InChI is InChI=1S/C66H98N22O24/c1-30(2)52(60(106)76-24-49(96)79-41(65(111)112)16-33-22-72-29-77-33)84-50(97)25-75-58(104)44-17-34(91)26-87(44)64(110)42(28-89)83-56(102)39(20-46(68)93)78-48(95)23-74-57(103)43-12-8-14-86(43)63(109)40(21-47(69)94)82-61(107)53(31(3)90)85-59(105)45-18-35(92)27-88(45)62(108)37(11-7-13-73-66(70)71)80-55(101)38(15-32-9-5-4-6-10-32)81-54(100)36(67)19-51(98)99/h4-6,9-10,22,29-31,34-45,52-53,89-92H,7-8,11-21,23-28,67H2,1-3H3,(H2,68,93)(H2,69,94)(H,72,77)(H,74,103)(H,75,104)(H,76,106)(H,78,95)(H,79,96)(H,80,101)(H,81,100)(H,82,107)(H,83,102)(H,84,97)(H,85,105)(H,98,99)(H,111,112)(H4,70,71,73). The van der Waals surface area contributed by atoms with E-state index in [2.05, 4.69) is 73.4 Å². The van der Waals surface area contributed by atoms with Crippen LogP contribution in [-0.4, -0.2) is 311 Å². The Labute approximate surface area is 638 Å². The van der Waals surface area contributed by atoms with Gasteiger partial charge in [-0.1, -0.05) is 44.2 Å². The van der Waals surface area contributed by atoms with Crippen molar-refractivity contribution in [3.05, 3.63) is 54.1 Å². The van der Waals surface area contributed by atoms with Gasteiger partial charge in [-0.25, -0.2) is 9.78 Å². The number of carboxylic acid groups (broad SMARTS) is 2. The van der Waals surface area contributed by atoms with Gasteiger partial charge in [0.2, 0.25) is 94.5 Å². The average Bonchev–Trinajstić information content (AvgIpc) is 1.63. The summed E-state index contributed by atoms with van der Waals surface area (Å²) in [5.41, 5.74) is 28.6. The number of benzene rings is 1. The largest absolute Gasteiger partial charge is 0.481 e. The van der Waals surface area contributed by atoms with Gasteiger partial charge in [0.05, 0.1) is 76.2 Å². The molecule has 1 aromatic heterocycles. The zero-order valence-electron chi connectivity index (χ0n) is 61.4. The van der Waals surface area contributed by atoms with Crippen molar-refractivity contribution in [3.63, 3.8) is 0 Å². The Morgan fingerprint density at radius 2 is 1.08 bits per heavy atom. The molecule has 16 amide bonds. The van der Waals surface area contributed by atoms with Crippen LogP contribution in [0.1, 0.15) is 89.8 Å². The maximum absolute atomic E-state index is 14.6. The number of amides is 16. The lowest BCUT2D eigenvalue weighted by atomic mass is 10.0. The number of aliphatic carboxylic acids is 2. The molecule has 3 fully saturated rings. The number of nitrogens with one attached hydrogen (secondary N) is 12. The first-order chi connectivity index (χ1) is 52.8. The highest BCUT2D eigenvalue weighted by molar-refractivity contribution is 6.01. The van der Waals surface area contributed by atoms with Crippen LogP contribution in [0.15, 0.2) is 47.8 Å². The fourth-order valence-electron chi connectivity index (χ4n) is 12.3. The highest BCUT2D eigenvalue weighted by Gasteiger charge is 2.46. The van der Waals surface area contributed by atoms with E-state index in [1.54, 1.807) is 44.2 Å². The molecule has 15 unspecified atom stereocenters. The van der Waals surface area contributed by atoms with Gasteiger partial charge in [0.1, 0.15) is 66.5 Å². The van der Waals surface area contributed by atoms with Crippen LogP contribution in [0.3, 0.4) is 0 Å². The van der Waals surface area contributed by atoms with Gasteiger partial charge in [-0.2, -0.15) is 0 Å². The Balaban J connectivity index is 1.19. The van der Waals surface area contributed by atoms with E-state index in [1.165, 1.54) is 12.5 Å². The monoisotopic (exact) mass is 1580 g/mol. The molecule has 112 heavy (non-hydrogen) atoms. The summed E-state index contributed by atoms with van der Waals surface area (Å²) in [5.74, 6) is -21.0. The molecule has 3 saturated heterocycles. The molecule has 3 aliphatic heterocycles. The minimum atomic E-state index is -2.00. The number of aromatic amines is 1. The van der Waals surface area contributed by atoms with E-state index in [4.69, 9.17) is 28.7 Å². The summed E-state index contributed by atoms with van der Waals surface area (Å²) >= 11 is 0. The fraction of sp³-hybridized carbons (Fsp3) is 0.576. The van der Waals surface area contributed by atoms with E-state index in [1.807, 2.05) is 0 Å². The van der Waals surface area contributed by atoms with Gasteiger partial charge in [-0.15, -0.1) is 0 Å². The number of nitrogens with zero attached hydrogens (tertiary/aromatic N) is 5. The smallest absolute Gasteiger partial charge is 0.326 e. The number of guanidine groups is 1. The molecule has 0 spiro atoms. The first-order valence-electron chi connectivity index (χ1n) is 35.4. The van der Waals surface area contributed by atoms with E-state index in [0.717, 1.165) is 21.6 Å². The Morgan fingerprint density at radius 1 is 0.562 bits per heavy atom. The molecule has 0 saturated carbocycles. The highest BCUT2D eigenvalue weighted by Crippen LogP contribution is 2.24. The lowest BCUT2D eigenvalue weighted by Gasteiger charge is -2.32. The molecule has 5 rings (SSSR count). The fourth-order valence-corrected chi connectivity index (χ4v) is 12.3. The van der Waals surface area contributed by atoms with Gasteiger partial charge >= 0.3 is 11.9 Å². The SMILES string of the molecule is CC(C)C(NC(=O)CNC(=O)C1CC(O)CN1C(=O)C(CO)NC(=O)C(CC(N)=O)NC(=O)CNC(=O)C1CCCN1C(=O)C(CC(N)=O)NC(=O)C(NC(=O)C1CC(O)CN1C(=O)C(CCCN=C(N)N)NC(=O)C(Cc1ccccc1)NC(=O)C(N)CC(=O)O)C(C)O)C(=O)NCC(=O)NC(Cc1cnc[nH]1)C(=O)O. The first-order valence-corrected chi connectivity index (χ1v) is 35.4. The normalized spacial score (nSPS) is 19.2. The van der Waals surface area contributed by atoms with Gasteiger partial charge < -0.3 is 137 Å². The van der Waals surface area contributed by atoms with Crippen LogP contribution in [0.2, 0.25) is 0 Å². The van der Waals surface area contributed by atoms with Crippen molar-refractivity contribution in [2.45, 2.75) is 182 Å². The lowest BCUT2D eigenvalue weighted by Crippen LogP contribution is -2.61. The second kappa shape index (κ2) is 43.4. The van der Waals surface area contributed by atoms with Gasteiger partial charge in [0.25, 0.3) is 0 Å². The summed E-state index contributed by atoms with van der Waals surface area (Å²) < 4.78 is 0. The second-order valence-electron chi connectivity index (χ2n) is 27.1. The number of nitrogens with two attached hydrogens (primary N) is 5. The van der Waals surface area contributed by atoms with Crippen molar-refractivity contribution >= 4 is 112 Å². The second-order valence-corrected chi connectivity index (χ2v) is 27.1. The van der Waals surface area contributed by atoms with Crippen LogP contribution >= 0.6 is 0 Å². The van der Waals surface area contributed by atoms with Crippen LogP contribution < -0.4 is 87.2 Å². The maximum Gasteiger partial charge on any atom is 0.326 e. The summed E-state index contributed by atoms with van der Waals surface area (Å²) in [6.07, 6.45) is -6.03. The third-order valence-electron chi connectivity index (χ3n) is 17.9. The van der Waals surface area contributed by atoms with Gasteiger partial charge in [0, 0.05) is 63.8 Å². The van der Waals surface area contributed by atoms with E-state index in [9.17, 15) is 117 Å². The summed E-state index contributed by atoms with van der Waals surface area (Å²) in [7, 11) is 0. The molecule has 0 radical (unpaired) electrons. The molecule has 46 heteroatoms. The molecular weight excluding hydrogens is 1480 g/mol.